The van der Waals surface area contributed by atoms with Crippen LogP contribution in [0.15, 0.2) is 97.1 Å². The van der Waals surface area contributed by atoms with Crippen molar-refractivity contribution in [1.29, 1.82) is 0 Å². The first kappa shape index (κ1) is 18.1. The van der Waals surface area contributed by atoms with Crippen LogP contribution in [0.4, 0.5) is 0 Å². The monoisotopic (exact) mass is 368 g/mol. The molecule has 0 fully saturated rings. The van der Waals surface area contributed by atoms with Gasteiger partial charge in [-0.2, -0.15) is 0 Å². The molecule has 0 unspecified atom stereocenters. The number of ether oxygens (including phenoxy) is 2. The van der Waals surface area contributed by atoms with E-state index in [1.165, 1.54) is 11.1 Å². The summed E-state index contributed by atoms with van der Waals surface area (Å²) in [6.07, 6.45) is 1.79. The van der Waals surface area contributed by atoms with Crippen molar-refractivity contribution in [3.05, 3.63) is 108 Å². The van der Waals surface area contributed by atoms with Crippen LogP contribution in [0.25, 0.3) is 10.8 Å². The van der Waals surface area contributed by atoms with E-state index in [0.29, 0.717) is 13.2 Å². The second-order valence-electron chi connectivity index (χ2n) is 6.78. The molecule has 4 aromatic carbocycles. The fraction of sp³-hybridized carbons (Fsp3) is 0.154. The second-order valence-corrected chi connectivity index (χ2v) is 6.78. The first-order valence-corrected chi connectivity index (χ1v) is 9.75. The standard InChI is InChI=1S/C26H24O2/c1-3-9-21(10-4-1)17-19-27-25-15-16-26(24-14-8-7-13-23(24)25)28-20-18-22-11-5-2-6-12-22/h1-16H,17-20H2. The minimum absolute atomic E-state index is 0.655. The molecule has 0 heterocycles. The lowest BCUT2D eigenvalue weighted by Gasteiger charge is -2.14. The molecule has 0 radical (unpaired) electrons. The molecule has 0 aliphatic carbocycles. The summed E-state index contributed by atoms with van der Waals surface area (Å²) >= 11 is 0. The maximum Gasteiger partial charge on any atom is 0.127 e. The lowest BCUT2D eigenvalue weighted by atomic mass is 10.1. The lowest BCUT2D eigenvalue weighted by Crippen LogP contribution is -2.03. The van der Waals surface area contributed by atoms with E-state index < -0.39 is 0 Å². The van der Waals surface area contributed by atoms with E-state index in [1.54, 1.807) is 0 Å². The zero-order chi connectivity index (χ0) is 19.0. The molecule has 0 aliphatic rings. The van der Waals surface area contributed by atoms with Crippen LogP contribution < -0.4 is 9.47 Å². The van der Waals surface area contributed by atoms with Gasteiger partial charge in [0, 0.05) is 23.6 Å². The Kier molecular flexibility index (Phi) is 5.89. The number of hydrogen-bond acceptors (Lipinski definition) is 2. The lowest BCUT2D eigenvalue weighted by molar-refractivity contribution is 0.318. The van der Waals surface area contributed by atoms with Gasteiger partial charge < -0.3 is 9.47 Å². The van der Waals surface area contributed by atoms with Gasteiger partial charge in [0.05, 0.1) is 13.2 Å². The Bertz CT molecular complexity index is 926. The molecule has 0 N–H and O–H groups in total. The largest absolute Gasteiger partial charge is 0.493 e. The molecule has 0 amide bonds. The van der Waals surface area contributed by atoms with Crippen molar-refractivity contribution in [2.45, 2.75) is 12.8 Å². The summed E-state index contributed by atoms with van der Waals surface area (Å²) in [5.74, 6) is 1.81. The van der Waals surface area contributed by atoms with Gasteiger partial charge in [-0.3, -0.25) is 0 Å². The van der Waals surface area contributed by atoms with Crippen molar-refractivity contribution in [2.75, 3.05) is 13.2 Å². The van der Waals surface area contributed by atoms with Crippen LogP contribution in [0, 0.1) is 0 Å². The second kappa shape index (κ2) is 9.09. The minimum Gasteiger partial charge on any atom is -0.493 e. The molecular formula is C26H24O2. The van der Waals surface area contributed by atoms with Gasteiger partial charge in [0.25, 0.3) is 0 Å². The van der Waals surface area contributed by atoms with Crippen LogP contribution in [0.5, 0.6) is 11.5 Å². The molecule has 0 aliphatic heterocycles. The molecule has 28 heavy (non-hydrogen) atoms. The highest BCUT2D eigenvalue weighted by Crippen LogP contribution is 2.33. The Labute approximate surface area is 166 Å². The third-order valence-electron chi connectivity index (χ3n) is 4.83. The maximum absolute atomic E-state index is 6.10. The molecule has 4 rings (SSSR count). The summed E-state index contributed by atoms with van der Waals surface area (Å²) in [5.41, 5.74) is 2.57. The van der Waals surface area contributed by atoms with Crippen LogP contribution in [0.1, 0.15) is 11.1 Å². The van der Waals surface area contributed by atoms with Crippen molar-refractivity contribution in [1.82, 2.24) is 0 Å². The summed E-state index contributed by atoms with van der Waals surface area (Å²) in [7, 11) is 0. The summed E-state index contributed by atoms with van der Waals surface area (Å²) in [6, 6.07) is 33.2. The first-order valence-electron chi connectivity index (χ1n) is 9.75. The highest BCUT2D eigenvalue weighted by Gasteiger charge is 2.08. The summed E-state index contributed by atoms with van der Waals surface area (Å²) in [4.78, 5) is 0. The molecule has 0 saturated carbocycles. The average Bonchev–Trinajstić information content (AvgIpc) is 2.76. The zero-order valence-corrected chi connectivity index (χ0v) is 15.9. The van der Waals surface area contributed by atoms with E-state index in [9.17, 15) is 0 Å². The Morgan fingerprint density at radius 1 is 0.429 bits per heavy atom. The van der Waals surface area contributed by atoms with Gasteiger partial charge in [-0.1, -0.05) is 84.9 Å². The minimum atomic E-state index is 0.655. The zero-order valence-electron chi connectivity index (χ0n) is 15.9. The highest BCUT2D eigenvalue weighted by atomic mass is 16.5. The molecule has 2 heteroatoms. The SMILES string of the molecule is c1ccc(CCOc2ccc(OCCc3ccccc3)c3ccccc23)cc1. The highest BCUT2D eigenvalue weighted by molar-refractivity contribution is 5.93. The smallest absolute Gasteiger partial charge is 0.127 e. The Morgan fingerprint density at radius 2 is 0.821 bits per heavy atom. The molecule has 4 aromatic rings. The van der Waals surface area contributed by atoms with Crippen LogP contribution in [-0.4, -0.2) is 13.2 Å². The fourth-order valence-corrected chi connectivity index (χ4v) is 3.34. The Balaban J connectivity index is 1.44. The van der Waals surface area contributed by atoms with E-state index in [4.69, 9.17) is 9.47 Å². The van der Waals surface area contributed by atoms with Crippen LogP contribution in [-0.2, 0) is 12.8 Å². The van der Waals surface area contributed by atoms with Crippen molar-refractivity contribution in [3.8, 4) is 11.5 Å². The van der Waals surface area contributed by atoms with Crippen molar-refractivity contribution in [3.63, 3.8) is 0 Å². The van der Waals surface area contributed by atoms with Crippen molar-refractivity contribution in [2.24, 2.45) is 0 Å². The van der Waals surface area contributed by atoms with Crippen molar-refractivity contribution >= 4 is 10.8 Å². The third-order valence-corrected chi connectivity index (χ3v) is 4.83. The fourth-order valence-electron chi connectivity index (χ4n) is 3.34. The average molecular weight is 368 g/mol. The number of hydrogen-bond donors (Lipinski definition) is 0. The van der Waals surface area contributed by atoms with E-state index >= 15 is 0 Å². The van der Waals surface area contributed by atoms with E-state index in [1.807, 2.05) is 36.4 Å². The molecular weight excluding hydrogens is 344 g/mol. The molecule has 0 aromatic heterocycles. The maximum atomic E-state index is 6.10. The first-order chi connectivity index (χ1) is 13.9. The third kappa shape index (κ3) is 4.52. The Morgan fingerprint density at radius 3 is 1.25 bits per heavy atom. The molecule has 0 atom stereocenters. The normalized spacial score (nSPS) is 10.7. The number of rotatable bonds is 8. The molecule has 0 spiro atoms. The molecule has 0 bridgehead atoms. The van der Waals surface area contributed by atoms with Gasteiger partial charge in [-0.05, 0) is 23.3 Å². The van der Waals surface area contributed by atoms with Gasteiger partial charge >= 0.3 is 0 Å². The number of benzene rings is 4. The summed E-state index contributed by atoms with van der Waals surface area (Å²) in [6.45, 7) is 1.31. The van der Waals surface area contributed by atoms with Gasteiger partial charge in [-0.25, -0.2) is 0 Å². The van der Waals surface area contributed by atoms with Crippen LogP contribution >= 0.6 is 0 Å². The van der Waals surface area contributed by atoms with Crippen molar-refractivity contribution < 1.29 is 9.47 Å². The van der Waals surface area contributed by atoms with Gasteiger partial charge in [0.2, 0.25) is 0 Å². The van der Waals surface area contributed by atoms with Gasteiger partial charge in [-0.15, -0.1) is 0 Å². The topological polar surface area (TPSA) is 18.5 Å². The molecule has 140 valence electrons. The van der Waals surface area contributed by atoms with Crippen LogP contribution in [0.3, 0.4) is 0 Å². The quantitative estimate of drug-likeness (QED) is 0.375. The summed E-state index contributed by atoms with van der Waals surface area (Å²) < 4.78 is 12.2. The number of fused-ring (bicyclic) bond motifs is 1. The predicted octanol–water partition coefficient (Wildman–Crippen LogP) is 6.08. The predicted molar refractivity (Wildman–Crippen MR) is 115 cm³/mol. The van der Waals surface area contributed by atoms with E-state index in [0.717, 1.165) is 35.1 Å². The molecule has 0 saturated heterocycles. The van der Waals surface area contributed by atoms with Gasteiger partial charge in [0.15, 0.2) is 0 Å². The Hall–Kier alpha value is -3.26. The summed E-state index contributed by atoms with van der Waals surface area (Å²) in [5, 5.41) is 2.18. The molecule has 2 nitrogen and oxygen atoms in total. The van der Waals surface area contributed by atoms with E-state index in [-0.39, 0.29) is 0 Å². The van der Waals surface area contributed by atoms with Gasteiger partial charge in [0.1, 0.15) is 11.5 Å². The van der Waals surface area contributed by atoms with Crippen LogP contribution in [0.2, 0.25) is 0 Å². The van der Waals surface area contributed by atoms with E-state index in [2.05, 4.69) is 60.7 Å².